The van der Waals surface area contributed by atoms with Crippen molar-refractivity contribution in [2.24, 2.45) is 0 Å². The van der Waals surface area contributed by atoms with Crippen molar-refractivity contribution in [1.82, 2.24) is 0 Å². The average molecular weight is 308 g/mol. The predicted octanol–water partition coefficient (Wildman–Crippen LogP) is 1.75. The number of ether oxygens (including phenoxy) is 3. The summed E-state index contributed by atoms with van der Waals surface area (Å²) in [6, 6.07) is 5.79. The van der Waals surface area contributed by atoms with E-state index in [1.165, 1.54) is 0 Å². The van der Waals surface area contributed by atoms with Gasteiger partial charge in [0.1, 0.15) is 11.9 Å². The van der Waals surface area contributed by atoms with Crippen LogP contribution >= 0.6 is 0 Å². The number of aryl methyl sites for hydroxylation is 2. The molecule has 0 spiro atoms. The lowest BCUT2D eigenvalue weighted by Crippen LogP contribution is -2.25. The zero-order valence-electron chi connectivity index (χ0n) is 13.2. The second-order valence-corrected chi connectivity index (χ2v) is 4.98. The molecule has 0 radical (unpaired) electrons. The van der Waals surface area contributed by atoms with Crippen molar-refractivity contribution < 1.29 is 28.6 Å². The Morgan fingerprint density at radius 3 is 2.50 bits per heavy atom. The highest BCUT2D eigenvalue weighted by Gasteiger charge is 2.18. The molecule has 0 saturated carbocycles. The van der Waals surface area contributed by atoms with E-state index in [2.05, 4.69) is 4.74 Å². The van der Waals surface area contributed by atoms with Crippen LogP contribution in [0.1, 0.15) is 24.5 Å². The lowest BCUT2D eigenvalue weighted by atomic mass is 10.1. The maximum Gasteiger partial charge on any atom is 0.378 e. The highest BCUT2D eigenvalue weighted by molar-refractivity contribution is 6.34. The van der Waals surface area contributed by atoms with E-state index in [1.54, 1.807) is 6.92 Å². The van der Waals surface area contributed by atoms with Crippen molar-refractivity contribution >= 4 is 17.7 Å². The molecule has 0 aliphatic carbocycles. The highest BCUT2D eigenvalue weighted by atomic mass is 16.6. The van der Waals surface area contributed by atoms with Crippen molar-refractivity contribution in [3.05, 3.63) is 29.3 Å². The Balaban J connectivity index is 2.46. The van der Waals surface area contributed by atoms with Gasteiger partial charge in [-0.05, 0) is 38.0 Å². The zero-order chi connectivity index (χ0) is 16.7. The molecular weight excluding hydrogens is 288 g/mol. The molecule has 0 fully saturated rings. The molecule has 6 heteroatoms. The van der Waals surface area contributed by atoms with Crippen molar-refractivity contribution in [3.8, 4) is 5.75 Å². The number of hydrogen-bond donors (Lipinski definition) is 0. The molecule has 0 aliphatic rings. The smallest absolute Gasteiger partial charge is 0.378 e. The lowest BCUT2D eigenvalue weighted by molar-refractivity contribution is -0.158. The van der Waals surface area contributed by atoms with Crippen molar-refractivity contribution in [1.29, 1.82) is 0 Å². The summed E-state index contributed by atoms with van der Waals surface area (Å²) in [5.41, 5.74) is 2.02. The fraction of sp³-hybridized carbons (Fsp3) is 0.438. The topological polar surface area (TPSA) is 78.9 Å². The number of hydrogen-bond acceptors (Lipinski definition) is 6. The molecule has 0 heterocycles. The minimum absolute atomic E-state index is 0.0260. The van der Waals surface area contributed by atoms with E-state index in [4.69, 9.17) is 9.47 Å². The molecule has 1 unspecified atom stereocenters. The van der Waals surface area contributed by atoms with Crippen LogP contribution in [0.2, 0.25) is 0 Å². The van der Waals surface area contributed by atoms with Crippen LogP contribution in [0.5, 0.6) is 5.75 Å². The standard InChI is InChI=1S/C16H20O6/c1-10-5-6-11(2)14(7-10)22-12(3)8-15(18)21-9-13(17)16(19)20-4/h5-7,12H,8-9H2,1-4H3. The fourth-order valence-corrected chi connectivity index (χ4v) is 1.71. The Morgan fingerprint density at radius 1 is 1.18 bits per heavy atom. The van der Waals surface area contributed by atoms with Gasteiger partial charge in [0.15, 0.2) is 6.61 Å². The number of ketones is 1. The molecule has 120 valence electrons. The quantitative estimate of drug-likeness (QED) is 0.564. The Morgan fingerprint density at radius 2 is 1.86 bits per heavy atom. The summed E-state index contributed by atoms with van der Waals surface area (Å²) in [6.45, 7) is 4.96. The summed E-state index contributed by atoms with van der Waals surface area (Å²) < 4.78 is 14.6. The van der Waals surface area contributed by atoms with Crippen LogP contribution in [-0.4, -0.2) is 37.5 Å². The molecule has 0 bridgehead atoms. The molecule has 1 rings (SSSR count). The Labute approximate surface area is 129 Å². The normalized spacial score (nSPS) is 11.5. The van der Waals surface area contributed by atoms with E-state index < -0.39 is 30.4 Å². The molecule has 0 N–H and O–H groups in total. The van der Waals surface area contributed by atoms with Crippen LogP contribution < -0.4 is 4.74 Å². The minimum atomic E-state index is -1.03. The molecule has 0 aliphatic heterocycles. The molecule has 0 saturated heterocycles. The molecule has 6 nitrogen and oxygen atoms in total. The molecule has 0 aromatic heterocycles. The third-order valence-electron chi connectivity index (χ3n) is 2.90. The number of esters is 2. The van der Waals surface area contributed by atoms with Gasteiger partial charge < -0.3 is 14.2 Å². The van der Waals surface area contributed by atoms with Gasteiger partial charge in [-0.15, -0.1) is 0 Å². The summed E-state index contributed by atoms with van der Waals surface area (Å²) in [5, 5.41) is 0. The van der Waals surface area contributed by atoms with Crippen LogP contribution in [0.3, 0.4) is 0 Å². The highest BCUT2D eigenvalue weighted by Crippen LogP contribution is 2.21. The Bertz CT molecular complexity index is 564. The van der Waals surface area contributed by atoms with Crippen molar-refractivity contribution in [2.45, 2.75) is 33.3 Å². The second-order valence-electron chi connectivity index (χ2n) is 4.98. The van der Waals surface area contributed by atoms with Crippen molar-refractivity contribution in [3.63, 3.8) is 0 Å². The van der Waals surface area contributed by atoms with Crippen LogP contribution in [0.4, 0.5) is 0 Å². The Kier molecular flexibility index (Phi) is 6.56. The van der Waals surface area contributed by atoms with Gasteiger partial charge in [-0.2, -0.15) is 0 Å². The maximum absolute atomic E-state index is 11.6. The number of benzene rings is 1. The van der Waals surface area contributed by atoms with E-state index in [0.717, 1.165) is 18.2 Å². The lowest BCUT2D eigenvalue weighted by Gasteiger charge is -2.16. The molecule has 1 aromatic rings. The summed E-state index contributed by atoms with van der Waals surface area (Å²) in [6.07, 6.45) is -0.441. The number of carbonyl (C=O) groups excluding carboxylic acids is 3. The van der Waals surface area contributed by atoms with Crippen LogP contribution in [-0.2, 0) is 23.9 Å². The molecule has 0 amide bonds. The number of rotatable bonds is 7. The first-order valence-corrected chi connectivity index (χ1v) is 6.84. The first kappa shape index (κ1) is 17.7. The summed E-state index contributed by atoms with van der Waals surface area (Å²) in [4.78, 5) is 33.6. The van der Waals surface area contributed by atoms with Gasteiger partial charge in [0.05, 0.1) is 13.5 Å². The average Bonchev–Trinajstić information content (AvgIpc) is 2.47. The summed E-state index contributed by atoms with van der Waals surface area (Å²) in [7, 11) is 1.09. The monoisotopic (exact) mass is 308 g/mol. The summed E-state index contributed by atoms with van der Waals surface area (Å²) in [5.74, 6) is -1.85. The largest absolute Gasteiger partial charge is 0.490 e. The number of Topliss-reactive ketones (excluding diaryl/α,β-unsaturated/α-hetero) is 1. The first-order valence-electron chi connectivity index (χ1n) is 6.84. The van der Waals surface area contributed by atoms with Gasteiger partial charge in [0, 0.05) is 0 Å². The molecule has 22 heavy (non-hydrogen) atoms. The van der Waals surface area contributed by atoms with E-state index in [9.17, 15) is 14.4 Å². The number of carbonyl (C=O) groups is 3. The summed E-state index contributed by atoms with van der Waals surface area (Å²) >= 11 is 0. The molecule has 1 aromatic carbocycles. The van der Waals surface area contributed by atoms with Crippen LogP contribution in [0, 0.1) is 13.8 Å². The fourth-order valence-electron chi connectivity index (χ4n) is 1.71. The predicted molar refractivity (Wildman–Crippen MR) is 78.6 cm³/mol. The van der Waals surface area contributed by atoms with Gasteiger partial charge in [-0.25, -0.2) is 4.79 Å². The second kappa shape index (κ2) is 8.17. The molecule has 1 atom stereocenters. The van der Waals surface area contributed by atoms with E-state index >= 15 is 0 Å². The first-order chi connectivity index (χ1) is 10.3. The third-order valence-corrected chi connectivity index (χ3v) is 2.90. The van der Waals surface area contributed by atoms with Gasteiger partial charge in [-0.1, -0.05) is 12.1 Å². The maximum atomic E-state index is 11.6. The van der Waals surface area contributed by atoms with Gasteiger partial charge in [-0.3, -0.25) is 9.59 Å². The van der Waals surface area contributed by atoms with E-state index in [1.807, 2.05) is 32.0 Å². The van der Waals surface area contributed by atoms with Gasteiger partial charge >= 0.3 is 11.9 Å². The van der Waals surface area contributed by atoms with E-state index in [-0.39, 0.29) is 6.42 Å². The molecular formula is C16H20O6. The van der Waals surface area contributed by atoms with E-state index in [0.29, 0.717) is 5.75 Å². The van der Waals surface area contributed by atoms with Crippen LogP contribution in [0.25, 0.3) is 0 Å². The minimum Gasteiger partial charge on any atom is -0.490 e. The number of methoxy groups -OCH3 is 1. The zero-order valence-corrected chi connectivity index (χ0v) is 13.2. The van der Waals surface area contributed by atoms with Crippen molar-refractivity contribution in [2.75, 3.05) is 13.7 Å². The Hall–Kier alpha value is -2.37. The van der Waals surface area contributed by atoms with Gasteiger partial charge in [0.25, 0.3) is 5.78 Å². The van der Waals surface area contributed by atoms with Gasteiger partial charge in [0.2, 0.25) is 0 Å². The SMILES string of the molecule is COC(=O)C(=O)COC(=O)CC(C)Oc1cc(C)ccc1C. The third kappa shape index (κ3) is 5.55. The van der Waals surface area contributed by atoms with Crippen LogP contribution in [0.15, 0.2) is 18.2 Å².